The molecule has 0 heterocycles. The third-order valence-corrected chi connectivity index (χ3v) is 4.63. The molecule has 2 rings (SSSR count). The van der Waals surface area contributed by atoms with Crippen LogP contribution in [0.4, 0.5) is 0 Å². The van der Waals surface area contributed by atoms with E-state index in [1.54, 1.807) is 6.08 Å². The summed E-state index contributed by atoms with van der Waals surface area (Å²) >= 11 is 0. The van der Waals surface area contributed by atoms with Crippen LogP contribution in [0.1, 0.15) is 63.0 Å². The fraction of sp³-hybridized carbons (Fsp3) is 0.550. The normalized spacial score (nSPS) is 16.5. The number of unbranched alkanes of at least 4 members (excludes halogenated alkanes) is 1. The Morgan fingerprint density at radius 3 is 2.45 bits per heavy atom. The number of rotatable bonds is 6. The fourth-order valence-electron chi connectivity index (χ4n) is 3.28. The van der Waals surface area contributed by atoms with Crippen LogP contribution in [0.25, 0.3) is 5.57 Å². The molecule has 0 amide bonds. The van der Waals surface area contributed by atoms with Gasteiger partial charge in [-0.3, -0.25) is 0 Å². The average molecular weight is 300 g/mol. The first-order valence-electron chi connectivity index (χ1n) is 8.63. The highest BCUT2D eigenvalue weighted by Gasteiger charge is 2.20. The minimum atomic E-state index is -0.240. The van der Waals surface area contributed by atoms with Crippen LogP contribution in [-0.2, 0) is 16.0 Å². The standard InChI is InChI=1S/C20H28O2/c1-3-4-8-16-11-13-18(14-12-16)19(15-20(21)22-2)17-9-6-5-7-10-17/h11-15,17H,3-10H2,1-2H3. The van der Waals surface area contributed by atoms with E-state index in [1.807, 2.05) is 0 Å². The molecule has 0 radical (unpaired) electrons. The summed E-state index contributed by atoms with van der Waals surface area (Å²) in [6.07, 6.45) is 11.5. The first kappa shape index (κ1) is 16.8. The number of allylic oxidation sites excluding steroid dienone is 1. The van der Waals surface area contributed by atoms with Gasteiger partial charge >= 0.3 is 5.97 Å². The van der Waals surface area contributed by atoms with Gasteiger partial charge in [0.05, 0.1) is 7.11 Å². The minimum absolute atomic E-state index is 0.240. The van der Waals surface area contributed by atoms with Crippen molar-refractivity contribution in [2.45, 2.75) is 58.3 Å². The van der Waals surface area contributed by atoms with E-state index in [9.17, 15) is 4.79 Å². The Morgan fingerprint density at radius 1 is 1.18 bits per heavy atom. The Kier molecular flexibility index (Phi) is 6.70. The van der Waals surface area contributed by atoms with Crippen LogP contribution in [-0.4, -0.2) is 13.1 Å². The molecule has 1 aliphatic carbocycles. The van der Waals surface area contributed by atoms with Crippen molar-refractivity contribution in [3.8, 4) is 0 Å². The van der Waals surface area contributed by atoms with E-state index in [0.717, 1.165) is 12.0 Å². The molecule has 0 atom stereocenters. The van der Waals surface area contributed by atoms with E-state index < -0.39 is 0 Å². The molecule has 1 saturated carbocycles. The van der Waals surface area contributed by atoms with Crippen molar-refractivity contribution >= 4 is 11.5 Å². The largest absolute Gasteiger partial charge is 0.466 e. The number of aryl methyl sites for hydroxylation is 1. The second kappa shape index (κ2) is 8.77. The molecule has 0 aliphatic heterocycles. The zero-order valence-electron chi connectivity index (χ0n) is 13.9. The van der Waals surface area contributed by atoms with Gasteiger partial charge in [0, 0.05) is 6.08 Å². The van der Waals surface area contributed by atoms with Gasteiger partial charge in [0.25, 0.3) is 0 Å². The monoisotopic (exact) mass is 300 g/mol. The number of carbonyl (C=O) groups excluding carboxylic acids is 1. The summed E-state index contributed by atoms with van der Waals surface area (Å²) in [5.74, 6) is 0.255. The number of methoxy groups -OCH3 is 1. The topological polar surface area (TPSA) is 26.3 Å². The predicted molar refractivity (Wildman–Crippen MR) is 91.6 cm³/mol. The lowest BCUT2D eigenvalue weighted by molar-refractivity contribution is -0.134. The number of hydrogen-bond acceptors (Lipinski definition) is 2. The smallest absolute Gasteiger partial charge is 0.330 e. The molecule has 0 saturated heterocycles. The molecule has 1 aliphatic rings. The zero-order valence-corrected chi connectivity index (χ0v) is 13.9. The first-order valence-corrected chi connectivity index (χ1v) is 8.63. The first-order chi connectivity index (χ1) is 10.7. The maximum atomic E-state index is 11.7. The molecule has 1 aromatic rings. The fourth-order valence-corrected chi connectivity index (χ4v) is 3.28. The Labute approximate surface area is 134 Å². The van der Waals surface area contributed by atoms with Gasteiger partial charge in [-0.15, -0.1) is 0 Å². The summed E-state index contributed by atoms with van der Waals surface area (Å²) in [5, 5.41) is 0. The second-order valence-corrected chi connectivity index (χ2v) is 6.26. The van der Waals surface area contributed by atoms with Gasteiger partial charge in [-0.05, 0) is 48.3 Å². The lowest BCUT2D eigenvalue weighted by atomic mass is 9.80. The van der Waals surface area contributed by atoms with Crippen molar-refractivity contribution in [1.82, 2.24) is 0 Å². The summed E-state index contributed by atoms with van der Waals surface area (Å²) in [5.41, 5.74) is 3.72. The lowest BCUT2D eigenvalue weighted by Gasteiger charge is -2.25. The van der Waals surface area contributed by atoms with Crippen LogP contribution >= 0.6 is 0 Å². The molecule has 0 spiro atoms. The molecule has 120 valence electrons. The number of ether oxygens (including phenoxy) is 1. The van der Waals surface area contributed by atoms with E-state index >= 15 is 0 Å². The highest BCUT2D eigenvalue weighted by atomic mass is 16.5. The van der Waals surface area contributed by atoms with Crippen molar-refractivity contribution in [2.24, 2.45) is 5.92 Å². The molecule has 22 heavy (non-hydrogen) atoms. The van der Waals surface area contributed by atoms with Crippen LogP contribution < -0.4 is 0 Å². The zero-order chi connectivity index (χ0) is 15.8. The second-order valence-electron chi connectivity index (χ2n) is 6.26. The lowest BCUT2D eigenvalue weighted by Crippen LogP contribution is -2.10. The van der Waals surface area contributed by atoms with Gasteiger partial charge in [-0.2, -0.15) is 0 Å². The van der Waals surface area contributed by atoms with Crippen LogP contribution in [0, 0.1) is 5.92 Å². The van der Waals surface area contributed by atoms with Crippen LogP contribution in [0.2, 0.25) is 0 Å². The molecular weight excluding hydrogens is 272 g/mol. The van der Waals surface area contributed by atoms with E-state index in [2.05, 4.69) is 31.2 Å². The summed E-state index contributed by atoms with van der Waals surface area (Å²) in [4.78, 5) is 11.7. The maximum Gasteiger partial charge on any atom is 0.330 e. The summed E-state index contributed by atoms with van der Waals surface area (Å²) in [6, 6.07) is 8.76. The van der Waals surface area contributed by atoms with Crippen LogP contribution in [0.5, 0.6) is 0 Å². The minimum Gasteiger partial charge on any atom is -0.466 e. The quantitative estimate of drug-likeness (QED) is 0.535. The van der Waals surface area contributed by atoms with Crippen molar-refractivity contribution < 1.29 is 9.53 Å². The Hall–Kier alpha value is -1.57. The van der Waals surface area contributed by atoms with Gasteiger partial charge in [0.15, 0.2) is 0 Å². The number of carbonyl (C=O) groups is 1. The highest BCUT2D eigenvalue weighted by molar-refractivity contribution is 5.91. The van der Waals surface area contributed by atoms with Crippen molar-refractivity contribution in [2.75, 3.05) is 7.11 Å². The summed E-state index contributed by atoms with van der Waals surface area (Å²) < 4.78 is 4.85. The Morgan fingerprint density at radius 2 is 1.86 bits per heavy atom. The van der Waals surface area contributed by atoms with Gasteiger partial charge in [-0.25, -0.2) is 4.79 Å². The van der Waals surface area contributed by atoms with Gasteiger partial charge in [-0.1, -0.05) is 56.9 Å². The van der Waals surface area contributed by atoms with Crippen molar-refractivity contribution in [3.05, 3.63) is 41.5 Å². The highest BCUT2D eigenvalue weighted by Crippen LogP contribution is 2.35. The molecule has 0 N–H and O–H groups in total. The molecule has 1 aromatic carbocycles. The van der Waals surface area contributed by atoms with E-state index in [1.165, 1.54) is 63.2 Å². The Balaban J connectivity index is 2.20. The molecule has 0 unspecified atom stereocenters. The van der Waals surface area contributed by atoms with Gasteiger partial charge in [0.1, 0.15) is 0 Å². The van der Waals surface area contributed by atoms with E-state index in [4.69, 9.17) is 4.74 Å². The van der Waals surface area contributed by atoms with Gasteiger partial charge in [0.2, 0.25) is 0 Å². The van der Waals surface area contributed by atoms with Crippen LogP contribution in [0.3, 0.4) is 0 Å². The third kappa shape index (κ3) is 4.72. The summed E-state index contributed by atoms with van der Waals surface area (Å²) in [7, 11) is 1.45. The molecule has 2 nitrogen and oxygen atoms in total. The molecular formula is C20H28O2. The van der Waals surface area contributed by atoms with Crippen LogP contribution in [0.15, 0.2) is 30.3 Å². The number of hydrogen-bond donors (Lipinski definition) is 0. The van der Waals surface area contributed by atoms with E-state index in [0.29, 0.717) is 5.92 Å². The van der Waals surface area contributed by atoms with E-state index in [-0.39, 0.29) is 5.97 Å². The predicted octanol–water partition coefficient (Wildman–Crippen LogP) is 5.17. The maximum absolute atomic E-state index is 11.7. The molecule has 2 heteroatoms. The van der Waals surface area contributed by atoms with Crippen molar-refractivity contribution in [1.29, 1.82) is 0 Å². The molecule has 0 aromatic heterocycles. The molecule has 0 bridgehead atoms. The SMILES string of the molecule is CCCCc1ccc(C(=CC(=O)OC)C2CCCCC2)cc1. The Bertz CT molecular complexity index is 493. The number of esters is 1. The van der Waals surface area contributed by atoms with Crippen molar-refractivity contribution in [3.63, 3.8) is 0 Å². The summed E-state index contributed by atoms with van der Waals surface area (Å²) in [6.45, 7) is 2.22. The van der Waals surface area contributed by atoms with Gasteiger partial charge < -0.3 is 4.74 Å². The molecule has 1 fully saturated rings. The number of benzene rings is 1. The average Bonchev–Trinajstić information content (AvgIpc) is 2.59. The third-order valence-electron chi connectivity index (χ3n) is 4.63.